The minimum Gasteiger partial charge on any atom is -0.396 e. The molecule has 1 aliphatic rings. The first-order chi connectivity index (χ1) is 9.65. The molecule has 4 N–H and O–H groups in total. The highest BCUT2D eigenvalue weighted by Crippen LogP contribution is 2.28. The van der Waals surface area contributed by atoms with E-state index in [1.54, 1.807) is 0 Å². The zero-order chi connectivity index (χ0) is 14.5. The van der Waals surface area contributed by atoms with Gasteiger partial charge in [0.15, 0.2) is 0 Å². The highest BCUT2D eigenvalue weighted by molar-refractivity contribution is 5.50. The summed E-state index contributed by atoms with van der Waals surface area (Å²) in [6.07, 6.45) is 4.17. The summed E-state index contributed by atoms with van der Waals surface area (Å²) in [4.78, 5) is 11.4. The predicted octanol–water partition coefficient (Wildman–Crippen LogP) is 1.63. The molecule has 2 heterocycles. The van der Waals surface area contributed by atoms with Gasteiger partial charge < -0.3 is 15.4 Å². The van der Waals surface area contributed by atoms with Gasteiger partial charge in [0.1, 0.15) is 17.5 Å². The molecular formula is C14H25N5O. The minimum atomic E-state index is 0.251. The molecule has 0 spiro atoms. The number of hydrogen-bond donors (Lipinski definition) is 3. The number of aliphatic hydroxyl groups excluding tert-OH is 1. The zero-order valence-electron chi connectivity index (χ0n) is 12.3. The third kappa shape index (κ3) is 3.37. The normalized spacial score (nSPS) is 18.9. The van der Waals surface area contributed by atoms with Crippen LogP contribution in [-0.2, 0) is 0 Å². The van der Waals surface area contributed by atoms with Crippen LogP contribution >= 0.6 is 0 Å². The summed E-state index contributed by atoms with van der Waals surface area (Å²) in [7, 11) is 0. The van der Waals surface area contributed by atoms with Crippen molar-refractivity contribution >= 4 is 11.6 Å². The molecule has 0 aliphatic carbocycles. The van der Waals surface area contributed by atoms with Gasteiger partial charge in [-0.15, -0.1) is 0 Å². The molecule has 1 unspecified atom stereocenters. The molecule has 6 nitrogen and oxygen atoms in total. The first kappa shape index (κ1) is 15.0. The number of nitrogens with zero attached hydrogens (tertiary/aromatic N) is 3. The fraction of sp³-hybridized carbons (Fsp3) is 0.714. The SMILES string of the molecule is CC(C)c1nc(NN)cc(N2CCCC2CCCO)n1. The summed E-state index contributed by atoms with van der Waals surface area (Å²) in [6.45, 7) is 5.41. The number of aromatic nitrogens is 2. The van der Waals surface area contributed by atoms with Crippen molar-refractivity contribution in [1.29, 1.82) is 0 Å². The largest absolute Gasteiger partial charge is 0.396 e. The molecule has 112 valence electrons. The molecule has 1 aromatic heterocycles. The summed E-state index contributed by atoms with van der Waals surface area (Å²) < 4.78 is 0. The van der Waals surface area contributed by atoms with Gasteiger partial charge >= 0.3 is 0 Å². The lowest BCUT2D eigenvalue weighted by Crippen LogP contribution is -2.30. The maximum Gasteiger partial charge on any atom is 0.145 e. The van der Waals surface area contributed by atoms with Crippen molar-refractivity contribution < 1.29 is 5.11 Å². The standard InChI is InChI=1S/C14H25N5O/c1-10(2)14-16-12(18-15)9-13(17-14)19-7-3-5-11(19)6-4-8-20/h9-11,20H,3-8,15H2,1-2H3,(H,16,17,18). The molecule has 2 rings (SSSR count). The maximum absolute atomic E-state index is 9.01. The van der Waals surface area contributed by atoms with E-state index < -0.39 is 0 Å². The highest BCUT2D eigenvalue weighted by atomic mass is 16.2. The Bertz CT molecular complexity index is 438. The van der Waals surface area contributed by atoms with Crippen LogP contribution in [0, 0.1) is 0 Å². The van der Waals surface area contributed by atoms with Gasteiger partial charge in [0.05, 0.1) is 0 Å². The smallest absolute Gasteiger partial charge is 0.145 e. The summed E-state index contributed by atoms with van der Waals surface area (Å²) in [5.41, 5.74) is 2.63. The lowest BCUT2D eigenvalue weighted by atomic mass is 10.1. The fourth-order valence-electron chi connectivity index (χ4n) is 2.70. The summed E-state index contributed by atoms with van der Waals surface area (Å²) in [6, 6.07) is 2.37. The van der Waals surface area contributed by atoms with Crippen molar-refractivity contribution in [2.75, 3.05) is 23.5 Å². The molecular weight excluding hydrogens is 254 g/mol. The van der Waals surface area contributed by atoms with Gasteiger partial charge in [0.25, 0.3) is 0 Å². The van der Waals surface area contributed by atoms with E-state index in [0.717, 1.165) is 37.4 Å². The molecule has 1 fully saturated rings. The van der Waals surface area contributed by atoms with Crippen LogP contribution in [0.1, 0.15) is 51.3 Å². The number of nitrogens with two attached hydrogens (primary N) is 1. The second-order valence-corrected chi connectivity index (χ2v) is 5.62. The first-order valence-corrected chi connectivity index (χ1v) is 7.38. The van der Waals surface area contributed by atoms with Crippen molar-refractivity contribution in [1.82, 2.24) is 9.97 Å². The topological polar surface area (TPSA) is 87.3 Å². The van der Waals surface area contributed by atoms with Gasteiger partial charge in [0, 0.05) is 31.2 Å². The fourth-order valence-corrected chi connectivity index (χ4v) is 2.70. The Hall–Kier alpha value is -1.40. The average Bonchev–Trinajstić information content (AvgIpc) is 2.92. The molecule has 0 aromatic carbocycles. The monoisotopic (exact) mass is 279 g/mol. The van der Waals surface area contributed by atoms with Crippen molar-refractivity contribution in [3.8, 4) is 0 Å². The number of anilines is 2. The second kappa shape index (κ2) is 6.85. The van der Waals surface area contributed by atoms with Gasteiger partial charge in [-0.25, -0.2) is 15.8 Å². The van der Waals surface area contributed by atoms with E-state index in [0.29, 0.717) is 11.9 Å². The first-order valence-electron chi connectivity index (χ1n) is 7.38. The second-order valence-electron chi connectivity index (χ2n) is 5.62. The molecule has 1 saturated heterocycles. The van der Waals surface area contributed by atoms with Crippen LogP contribution in [0.3, 0.4) is 0 Å². The Balaban J connectivity index is 2.23. The van der Waals surface area contributed by atoms with E-state index in [1.165, 1.54) is 6.42 Å². The predicted molar refractivity (Wildman–Crippen MR) is 80.6 cm³/mol. The van der Waals surface area contributed by atoms with Crippen LogP contribution in [0.15, 0.2) is 6.07 Å². The van der Waals surface area contributed by atoms with E-state index >= 15 is 0 Å². The molecule has 0 bridgehead atoms. The van der Waals surface area contributed by atoms with Crippen molar-refractivity contribution in [2.24, 2.45) is 5.84 Å². The van der Waals surface area contributed by atoms with E-state index in [2.05, 4.69) is 34.1 Å². The number of aliphatic hydroxyl groups is 1. The van der Waals surface area contributed by atoms with Crippen LogP contribution in [0.5, 0.6) is 0 Å². The summed E-state index contributed by atoms with van der Waals surface area (Å²) in [5, 5.41) is 9.01. The Morgan fingerprint density at radius 2 is 2.30 bits per heavy atom. The van der Waals surface area contributed by atoms with E-state index in [4.69, 9.17) is 10.9 Å². The van der Waals surface area contributed by atoms with Gasteiger partial charge in [-0.3, -0.25) is 0 Å². The minimum absolute atomic E-state index is 0.251. The molecule has 6 heteroatoms. The molecule has 20 heavy (non-hydrogen) atoms. The van der Waals surface area contributed by atoms with E-state index in [1.807, 2.05) is 6.07 Å². The molecule has 0 saturated carbocycles. The third-order valence-corrected chi connectivity index (χ3v) is 3.76. The van der Waals surface area contributed by atoms with Crippen molar-refractivity contribution in [3.63, 3.8) is 0 Å². The number of hydrazine groups is 1. The number of rotatable bonds is 6. The molecule has 1 aromatic rings. The molecule has 0 radical (unpaired) electrons. The number of hydrogen-bond acceptors (Lipinski definition) is 6. The van der Waals surface area contributed by atoms with Crippen LogP contribution < -0.4 is 16.2 Å². The van der Waals surface area contributed by atoms with Crippen molar-refractivity contribution in [3.05, 3.63) is 11.9 Å². The molecule has 1 aliphatic heterocycles. The van der Waals surface area contributed by atoms with E-state index in [9.17, 15) is 0 Å². The Morgan fingerprint density at radius 3 is 2.95 bits per heavy atom. The zero-order valence-corrected chi connectivity index (χ0v) is 12.3. The molecule has 1 atom stereocenters. The van der Waals surface area contributed by atoms with Crippen LogP contribution in [-0.4, -0.2) is 34.3 Å². The Labute approximate surface area is 120 Å². The quantitative estimate of drug-likeness (QED) is 0.542. The average molecular weight is 279 g/mol. The van der Waals surface area contributed by atoms with E-state index in [-0.39, 0.29) is 12.5 Å². The van der Waals surface area contributed by atoms with Crippen molar-refractivity contribution in [2.45, 2.75) is 51.5 Å². The number of nitrogen functional groups attached to an aromatic ring is 1. The van der Waals surface area contributed by atoms with Crippen LogP contribution in [0.4, 0.5) is 11.6 Å². The van der Waals surface area contributed by atoms with Crippen LogP contribution in [0.25, 0.3) is 0 Å². The lowest BCUT2D eigenvalue weighted by Gasteiger charge is -2.26. The van der Waals surface area contributed by atoms with Crippen LogP contribution in [0.2, 0.25) is 0 Å². The lowest BCUT2D eigenvalue weighted by molar-refractivity contribution is 0.279. The third-order valence-electron chi connectivity index (χ3n) is 3.76. The van der Waals surface area contributed by atoms with Gasteiger partial charge in [-0.05, 0) is 25.7 Å². The Kier molecular flexibility index (Phi) is 5.14. The molecule has 0 amide bonds. The van der Waals surface area contributed by atoms with Gasteiger partial charge in [-0.1, -0.05) is 13.8 Å². The number of nitrogens with one attached hydrogen (secondary N) is 1. The Morgan fingerprint density at radius 1 is 1.50 bits per heavy atom. The van der Waals surface area contributed by atoms with Gasteiger partial charge in [-0.2, -0.15) is 0 Å². The summed E-state index contributed by atoms with van der Waals surface area (Å²) in [5.74, 6) is 8.18. The maximum atomic E-state index is 9.01. The van der Waals surface area contributed by atoms with Gasteiger partial charge in [0.2, 0.25) is 0 Å². The summed E-state index contributed by atoms with van der Waals surface area (Å²) >= 11 is 0. The highest BCUT2D eigenvalue weighted by Gasteiger charge is 2.26.